The molecule has 0 aliphatic carbocycles. The van der Waals surface area contributed by atoms with Crippen LogP contribution in [0.1, 0.15) is 24.0 Å². The largest absolute Gasteiger partial charge is 0.326 e. The fraction of sp³-hybridized carbons (Fsp3) is 0.190. The van der Waals surface area contributed by atoms with Crippen molar-refractivity contribution in [1.29, 1.82) is 0 Å². The van der Waals surface area contributed by atoms with Gasteiger partial charge in [-0.15, -0.1) is 0 Å². The van der Waals surface area contributed by atoms with Crippen LogP contribution in [0.15, 0.2) is 53.4 Å². The summed E-state index contributed by atoms with van der Waals surface area (Å²) in [5.41, 5.74) is 2.80. The molecule has 2 aromatic rings. The monoisotopic (exact) mass is 430 g/mol. The predicted octanol–water partition coefficient (Wildman–Crippen LogP) is 5.27. The second-order valence-electron chi connectivity index (χ2n) is 6.35. The highest BCUT2D eigenvalue weighted by atomic mass is 35.5. The molecule has 1 saturated heterocycles. The Morgan fingerprint density at radius 3 is 2.64 bits per heavy atom. The first-order valence-electron chi connectivity index (χ1n) is 8.80. The zero-order valence-electron chi connectivity index (χ0n) is 15.3. The lowest BCUT2D eigenvalue weighted by atomic mass is 10.1. The molecular formula is C21H19ClN2O2S2. The lowest BCUT2D eigenvalue weighted by Crippen LogP contribution is -2.29. The van der Waals surface area contributed by atoms with E-state index in [1.807, 2.05) is 37.3 Å². The number of thioether (sulfide) groups is 1. The molecule has 1 heterocycles. The van der Waals surface area contributed by atoms with Crippen LogP contribution in [0.5, 0.6) is 0 Å². The minimum atomic E-state index is -0.108. The van der Waals surface area contributed by atoms with Gasteiger partial charge in [-0.3, -0.25) is 14.5 Å². The summed E-state index contributed by atoms with van der Waals surface area (Å²) in [7, 11) is 0. The third-order valence-corrected chi connectivity index (χ3v) is 5.89. The number of thiocarbonyl (C=S) groups is 1. The highest BCUT2D eigenvalue weighted by Gasteiger charge is 2.31. The van der Waals surface area contributed by atoms with Crippen LogP contribution < -0.4 is 5.32 Å². The number of rotatable bonds is 6. The van der Waals surface area contributed by atoms with Crippen molar-refractivity contribution in [3.05, 3.63) is 69.6 Å². The number of anilines is 1. The molecule has 0 atom stereocenters. The number of aryl methyl sites for hydroxylation is 1. The van der Waals surface area contributed by atoms with Crippen molar-refractivity contribution < 1.29 is 9.59 Å². The van der Waals surface area contributed by atoms with Crippen molar-refractivity contribution in [2.24, 2.45) is 0 Å². The Bertz CT molecular complexity index is 942. The van der Waals surface area contributed by atoms with Gasteiger partial charge in [0.1, 0.15) is 4.32 Å². The second kappa shape index (κ2) is 9.37. The Morgan fingerprint density at radius 2 is 1.93 bits per heavy atom. The molecule has 28 heavy (non-hydrogen) atoms. The number of amides is 2. The molecule has 3 rings (SSSR count). The van der Waals surface area contributed by atoms with Gasteiger partial charge in [0.25, 0.3) is 5.91 Å². The van der Waals surface area contributed by atoms with Gasteiger partial charge in [-0.05, 0) is 54.8 Å². The molecule has 1 aliphatic heterocycles. The smallest absolute Gasteiger partial charge is 0.266 e. The van der Waals surface area contributed by atoms with Crippen LogP contribution in [0.3, 0.4) is 0 Å². The summed E-state index contributed by atoms with van der Waals surface area (Å²) in [6.45, 7) is 2.43. The maximum Gasteiger partial charge on any atom is 0.266 e. The zero-order valence-corrected chi connectivity index (χ0v) is 17.7. The van der Waals surface area contributed by atoms with Crippen LogP contribution in [-0.4, -0.2) is 27.6 Å². The molecule has 0 saturated carbocycles. The number of carbonyl (C=O) groups is 2. The SMILES string of the molecule is Cc1ccccc1/C=C1\SC(=S)N(CCCC(=O)Nc2ccc(Cl)cc2)C1=O. The molecule has 2 amide bonds. The first-order valence-corrected chi connectivity index (χ1v) is 10.4. The van der Waals surface area contributed by atoms with Gasteiger partial charge in [0.05, 0.1) is 4.91 Å². The minimum Gasteiger partial charge on any atom is -0.326 e. The standard InChI is InChI=1S/C21H19ClN2O2S2/c1-14-5-2-3-6-15(14)13-18-20(26)24(21(27)28-18)12-4-7-19(25)23-17-10-8-16(22)9-11-17/h2-3,5-6,8-11,13H,4,7,12H2,1H3,(H,23,25)/b18-13-. The third kappa shape index (κ3) is 5.22. The van der Waals surface area contributed by atoms with Gasteiger partial charge < -0.3 is 5.32 Å². The topological polar surface area (TPSA) is 49.4 Å². The van der Waals surface area contributed by atoms with Crippen LogP contribution in [0.2, 0.25) is 5.02 Å². The van der Waals surface area contributed by atoms with E-state index in [4.69, 9.17) is 23.8 Å². The highest BCUT2D eigenvalue weighted by Crippen LogP contribution is 2.33. The summed E-state index contributed by atoms with van der Waals surface area (Å²) in [5.74, 6) is -0.209. The number of carbonyl (C=O) groups excluding carboxylic acids is 2. The van der Waals surface area contributed by atoms with Crippen molar-refractivity contribution in [3.8, 4) is 0 Å². The van der Waals surface area contributed by atoms with E-state index in [9.17, 15) is 9.59 Å². The van der Waals surface area contributed by atoms with Crippen molar-refractivity contribution in [1.82, 2.24) is 4.90 Å². The summed E-state index contributed by atoms with van der Waals surface area (Å²) in [6.07, 6.45) is 2.71. The van der Waals surface area contributed by atoms with Crippen LogP contribution in [-0.2, 0) is 9.59 Å². The summed E-state index contributed by atoms with van der Waals surface area (Å²) in [5, 5.41) is 3.43. The molecular weight excluding hydrogens is 412 g/mol. The van der Waals surface area contributed by atoms with Crippen molar-refractivity contribution in [2.75, 3.05) is 11.9 Å². The summed E-state index contributed by atoms with van der Waals surface area (Å²) in [4.78, 5) is 26.9. The maximum atomic E-state index is 12.7. The molecule has 0 unspecified atom stereocenters. The normalized spacial score (nSPS) is 15.4. The average Bonchev–Trinajstić information content (AvgIpc) is 2.93. The lowest BCUT2D eigenvalue weighted by Gasteiger charge is -2.14. The molecule has 1 fully saturated rings. The van der Waals surface area contributed by atoms with Crippen molar-refractivity contribution in [3.63, 3.8) is 0 Å². The maximum absolute atomic E-state index is 12.7. The van der Waals surface area contributed by atoms with Gasteiger partial charge >= 0.3 is 0 Å². The molecule has 1 N–H and O–H groups in total. The number of benzene rings is 2. The van der Waals surface area contributed by atoms with Crippen molar-refractivity contribution in [2.45, 2.75) is 19.8 Å². The fourth-order valence-electron chi connectivity index (χ4n) is 2.74. The predicted molar refractivity (Wildman–Crippen MR) is 120 cm³/mol. The number of hydrogen-bond acceptors (Lipinski definition) is 4. The zero-order chi connectivity index (χ0) is 20.1. The Morgan fingerprint density at radius 1 is 1.21 bits per heavy atom. The number of nitrogens with one attached hydrogen (secondary N) is 1. The van der Waals surface area contributed by atoms with Crippen LogP contribution in [0.25, 0.3) is 6.08 Å². The number of halogens is 1. The summed E-state index contributed by atoms with van der Waals surface area (Å²) in [6, 6.07) is 14.8. The average molecular weight is 431 g/mol. The van der Waals surface area contributed by atoms with Crippen LogP contribution in [0, 0.1) is 6.92 Å². The van der Waals surface area contributed by atoms with E-state index in [1.54, 1.807) is 29.2 Å². The molecule has 0 spiro atoms. The molecule has 7 heteroatoms. The fourth-order valence-corrected chi connectivity index (χ4v) is 4.16. The molecule has 0 aromatic heterocycles. The van der Waals surface area contributed by atoms with E-state index in [2.05, 4.69) is 5.32 Å². The summed E-state index contributed by atoms with van der Waals surface area (Å²) < 4.78 is 0.531. The second-order valence-corrected chi connectivity index (χ2v) is 8.46. The van der Waals surface area contributed by atoms with Gasteiger partial charge in [-0.25, -0.2) is 0 Å². The molecule has 1 aliphatic rings. The Labute approximate surface area is 178 Å². The highest BCUT2D eigenvalue weighted by molar-refractivity contribution is 8.26. The Hall–Kier alpha value is -2.15. The van der Waals surface area contributed by atoms with Gasteiger partial charge in [0.15, 0.2) is 0 Å². The molecule has 144 valence electrons. The molecule has 0 radical (unpaired) electrons. The Balaban J connectivity index is 1.54. The molecule has 4 nitrogen and oxygen atoms in total. The van der Waals surface area contributed by atoms with E-state index in [-0.39, 0.29) is 11.8 Å². The van der Waals surface area contributed by atoms with Gasteiger partial charge in [0, 0.05) is 23.7 Å². The van der Waals surface area contributed by atoms with E-state index < -0.39 is 0 Å². The van der Waals surface area contributed by atoms with Crippen molar-refractivity contribution >= 4 is 63.5 Å². The van der Waals surface area contributed by atoms with Gasteiger partial charge in [-0.1, -0.05) is 59.8 Å². The van der Waals surface area contributed by atoms with E-state index in [0.717, 1.165) is 11.1 Å². The molecule has 0 bridgehead atoms. The van der Waals surface area contributed by atoms with Gasteiger partial charge in [-0.2, -0.15) is 0 Å². The number of nitrogens with zero attached hydrogens (tertiary/aromatic N) is 1. The minimum absolute atomic E-state index is 0.101. The first-order chi connectivity index (χ1) is 13.4. The molecule has 2 aromatic carbocycles. The quantitative estimate of drug-likeness (QED) is 0.501. The van der Waals surface area contributed by atoms with E-state index in [0.29, 0.717) is 39.3 Å². The summed E-state index contributed by atoms with van der Waals surface area (Å²) >= 11 is 12.5. The first kappa shape index (κ1) is 20.6. The van der Waals surface area contributed by atoms with Crippen LogP contribution in [0.4, 0.5) is 5.69 Å². The lowest BCUT2D eigenvalue weighted by molar-refractivity contribution is -0.122. The van der Waals surface area contributed by atoms with E-state index >= 15 is 0 Å². The van der Waals surface area contributed by atoms with Crippen LogP contribution >= 0.6 is 35.6 Å². The van der Waals surface area contributed by atoms with E-state index in [1.165, 1.54) is 11.8 Å². The Kier molecular flexibility index (Phi) is 6.88. The van der Waals surface area contributed by atoms with Gasteiger partial charge in [0.2, 0.25) is 5.91 Å². The number of hydrogen-bond donors (Lipinski definition) is 1. The third-order valence-electron chi connectivity index (χ3n) is 4.26.